The molecule has 0 radical (unpaired) electrons. The molecule has 2 nitrogen and oxygen atoms in total. The van der Waals surface area contributed by atoms with E-state index in [1.54, 1.807) is 0 Å². The quantitative estimate of drug-likeness (QED) is 0.598. The summed E-state index contributed by atoms with van der Waals surface area (Å²) in [5.41, 5.74) is 2.65. The second-order valence-corrected chi connectivity index (χ2v) is 4.63. The number of fused-ring (bicyclic) bond motifs is 1. The second-order valence-electron chi connectivity index (χ2n) is 3.58. The zero-order valence-corrected chi connectivity index (χ0v) is 10.1. The van der Waals surface area contributed by atoms with Crippen molar-refractivity contribution >= 4 is 22.9 Å². The highest BCUT2D eigenvalue weighted by Gasteiger charge is 2.05. The van der Waals surface area contributed by atoms with Crippen LogP contribution in [0.25, 0.3) is 11.1 Å². The van der Waals surface area contributed by atoms with Crippen LogP contribution in [0.4, 0.5) is 8.78 Å². The summed E-state index contributed by atoms with van der Waals surface area (Å²) in [4.78, 5) is 4.28. The summed E-state index contributed by atoms with van der Waals surface area (Å²) in [6.07, 6.45) is -0.427. The number of aryl methyl sites for hydroxylation is 1. The highest BCUT2D eigenvalue weighted by Crippen LogP contribution is 2.24. The first-order chi connectivity index (χ1) is 8.15. The molecule has 1 aromatic carbocycles. The molecule has 5 heteroatoms. The van der Waals surface area contributed by atoms with Crippen LogP contribution in [0.3, 0.4) is 0 Å². The van der Waals surface area contributed by atoms with Crippen LogP contribution in [0.2, 0.25) is 0 Å². The number of halogens is 2. The summed E-state index contributed by atoms with van der Waals surface area (Å²) >= 11 is 1.34. The Labute approximate surface area is 102 Å². The lowest BCUT2D eigenvalue weighted by atomic mass is 10.2. The zero-order chi connectivity index (χ0) is 12.3. The lowest BCUT2D eigenvalue weighted by molar-refractivity contribution is 0.418. The van der Waals surface area contributed by atoms with Crippen molar-refractivity contribution in [2.45, 2.75) is 18.6 Å². The van der Waals surface area contributed by atoms with Gasteiger partial charge in [0.2, 0.25) is 0 Å². The van der Waals surface area contributed by atoms with E-state index < -0.39 is 6.08 Å². The normalized spacial score (nSPS) is 10.8. The van der Waals surface area contributed by atoms with Crippen molar-refractivity contribution in [2.24, 2.45) is 0 Å². The average molecular weight is 255 g/mol. The largest absolute Gasteiger partial charge is 0.431 e. The average Bonchev–Trinajstić information content (AvgIpc) is 2.66. The van der Waals surface area contributed by atoms with Crippen molar-refractivity contribution in [1.29, 1.82) is 0 Å². The number of aromatic nitrogens is 1. The molecule has 0 amide bonds. The first kappa shape index (κ1) is 12.1. The van der Waals surface area contributed by atoms with Gasteiger partial charge in [-0.15, -0.1) is 0 Å². The fraction of sp³-hybridized carbons (Fsp3) is 0.250. The molecule has 0 saturated heterocycles. The van der Waals surface area contributed by atoms with Crippen molar-refractivity contribution in [3.05, 3.63) is 35.9 Å². The van der Waals surface area contributed by atoms with E-state index in [0.29, 0.717) is 17.4 Å². The molecule has 0 spiro atoms. The van der Waals surface area contributed by atoms with E-state index >= 15 is 0 Å². The lowest BCUT2D eigenvalue weighted by Gasteiger charge is -1.90. The Bertz CT molecular complexity index is 546. The Hall–Kier alpha value is -1.36. The molecular weight excluding hydrogens is 244 g/mol. The van der Waals surface area contributed by atoms with Gasteiger partial charge >= 0.3 is 0 Å². The van der Waals surface area contributed by atoms with Crippen LogP contribution in [-0.4, -0.2) is 10.7 Å². The zero-order valence-electron chi connectivity index (χ0n) is 9.24. The summed E-state index contributed by atoms with van der Waals surface area (Å²) in [5.74, 6) is 0.531. The molecular formula is C12H11F2NOS. The number of allylic oxidation sites excluding steroid dienone is 1. The van der Waals surface area contributed by atoms with Gasteiger partial charge in [-0.1, -0.05) is 17.8 Å². The molecule has 17 heavy (non-hydrogen) atoms. The molecule has 0 aliphatic carbocycles. The predicted molar refractivity (Wildman–Crippen MR) is 64.4 cm³/mol. The Balaban J connectivity index is 2.02. The molecule has 90 valence electrons. The lowest BCUT2D eigenvalue weighted by Crippen LogP contribution is -1.77. The van der Waals surface area contributed by atoms with Gasteiger partial charge in [-0.3, -0.25) is 0 Å². The van der Waals surface area contributed by atoms with Crippen LogP contribution in [0.5, 0.6) is 0 Å². The molecule has 0 atom stereocenters. The van der Waals surface area contributed by atoms with E-state index in [0.717, 1.165) is 22.7 Å². The van der Waals surface area contributed by atoms with E-state index in [9.17, 15) is 8.78 Å². The van der Waals surface area contributed by atoms with Gasteiger partial charge in [0.25, 0.3) is 11.3 Å². The van der Waals surface area contributed by atoms with Gasteiger partial charge in [0.1, 0.15) is 5.52 Å². The number of rotatable bonds is 4. The fourth-order valence-corrected chi connectivity index (χ4v) is 2.11. The van der Waals surface area contributed by atoms with Gasteiger partial charge < -0.3 is 4.42 Å². The highest BCUT2D eigenvalue weighted by atomic mass is 32.2. The Morgan fingerprint density at radius 3 is 3.06 bits per heavy atom. The fourth-order valence-electron chi connectivity index (χ4n) is 1.39. The molecule has 1 heterocycles. The van der Waals surface area contributed by atoms with Gasteiger partial charge in [-0.2, -0.15) is 8.78 Å². The monoisotopic (exact) mass is 255 g/mol. The Morgan fingerprint density at radius 2 is 2.29 bits per heavy atom. The Kier molecular flexibility index (Phi) is 3.78. The van der Waals surface area contributed by atoms with Gasteiger partial charge in [0.05, 0.1) is 0 Å². The Morgan fingerprint density at radius 1 is 1.47 bits per heavy atom. The van der Waals surface area contributed by atoms with E-state index in [-0.39, 0.29) is 0 Å². The van der Waals surface area contributed by atoms with Crippen molar-refractivity contribution < 1.29 is 13.2 Å². The van der Waals surface area contributed by atoms with Gasteiger partial charge in [-0.05, 0) is 37.1 Å². The third kappa shape index (κ3) is 3.30. The maximum Gasteiger partial charge on any atom is 0.266 e. The van der Waals surface area contributed by atoms with E-state index in [1.807, 2.05) is 25.1 Å². The van der Waals surface area contributed by atoms with E-state index in [2.05, 4.69) is 4.98 Å². The summed E-state index contributed by atoms with van der Waals surface area (Å²) in [5, 5.41) is 0.526. The summed E-state index contributed by atoms with van der Waals surface area (Å²) in [6, 6.07) is 5.75. The van der Waals surface area contributed by atoms with Crippen molar-refractivity contribution in [1.82, 2.24) is 4.98 Å². The molecule has 0 saturated carbocycles. The van der Waals surface area contributed by atoms with Gasteiger partial charge in [0, 0.05) is 5.75 Å². The topological polar surface area (TPSA) is 26.0 Å². The number of hydrogen-bond donors (Lipinski definition) is 0. The number of nitrogens with zero attached hydrogens (tertiary/aromatic N) is 1. The molecule has 0 unspecified atom stereocenters. The number of oxazole rings is 1. The molecule has 0 aliphatic rings. The number of thioether (sulfide) groups is 1. The van der Waals surface area contributed by atoms with Crippen LogP contribution < -0.4 is 0 Å². The molecule has 0 N–H and O–H groups in total. The summed E-state index contributed by atoms with van der Waals surface area (Å²) in [7, 11) is 0. The minimum Gasteiger partial charge on any atom is -0.431 e. The molecule has 2 aromatic rings. The predicted octanol–water partition coefficient (Wildman–Crippen LogP) is 4.40. The minimum absolute atomic E-state index is 0.310. The third-order valence-electron chi connectivity index (χ3n) is 2.17. The standard InChI is InChI=1S/C12H11F2NOS/c1-8-4-5-10-9(7-8)15-12(16-10)17-6-2-3-11(13)14/h3-5,7H,2,6H2,1H3. The summed E-state index contributed by atoms with van der Waals surface area (Å²) < 4.78 is 29.0. The highest BCUT2D eigenvalue weighted by molar-refractivity contribution is 7.99. The molecule has 0 bridgehead atoms. The van der Waals surface area contributed by atoms with Gasteiger partial charge in [0.15, 0.2) is 5.58 Å². The molecule has 0 aliphatic heterocycles. The minimum atomic E-state index is -1.64. The van der Waals surface area contributed by atoms with E-state index in [4.69, 9.17) is 4.42 Å². The summed E-state index contributed by atoms with van der Waals surface area (Å²) in [6.45, 7) is 1.98. The number of hydrogen-bond acceptors (Lipinski definition) is 3. The van der Waals surface area contributed by atoms with Crippen molar-refractivity contribution in [2.75, 3.05) is 5.75 Å². The maximum absolute atomic E-state index is 11.8. The van der Waals surface area contributed by atoms with Crippen LogP contribution in [0, 0.1) is 6.92 Å². The van der Waals surface area contributed by atoms with Crippen LogP contribution in [0.1, 0.15) is 12.0 Å². The second kappa shape index (κ2) is 5.31. The van der Waals surface area contributed by atoms with Crippen LogP contribution in [-0.2, 0) is 0 Å². The smallest absolute Gasteiger partial charge is 0.266 e. The molecule has 2 rings (SSSR count). The SMILES string of the molecule is Cc1ccc2oc(SCCC=C(F)F)nc2c1. The van der Waals surface area contributed by atoms with E-state index in [1.165, 1.54) is 11.8 Å². The first-order valence-electron chi connectivity index (χ1n) is 5.16. The maximum atomic E-state index is 11.8. The molecule has 1 aromatic heterocycles. The van der Waals surface area contributed by atoms with Crippen LogP contribution >= 0.6 is 11.8 Å². The van der Waals surface area contributed by atoms with Crippen molar-refractivity contribution in [3.63, 3.8) is 0 Å². The third-order valence-corrected chi connectivity index (χ3v) is 3.03. The van der Waals surface area contributed by atoms with Crippen LogP contribution in [0.15, 0.2) is 40.0 Å². The van der Waals surface area contributed by atoms with Crippen molar-refractivity contribution in [3.8, 4) is 0 Å². The molecule has 0 fully saturated rings. The number of benzene rings is 1. The van der Waals surface area contributed by atoms with Gasteiger partial charge in [-0.25, -0.2) is 4.98 Å². The first-order valence-corrected chi connectivity index (χ1v) is 6.15.